The molecule has 0 aromatic heterocycles. The monoisotopic (exact) mass is 185 g/mol. The highest BCUT2D eigenvalue weighted by Crippen LogP contribution is 2.26. The summed E-state index contributed by atoms with van der Waals surface area (Å²) in [4.78, 5) is 11.5. The van der Waals surface area contributed by atoms with Crippen molar-refractivity contribution in [3.05, 3.63) is 0 Å². The number of ether oxygens (including phenoxy) is 1. The summed E-state index contributed by atoms with van der Waals surface area (Å²) in [6.07, 6.45) is 2.62. The molecular weight excluding hydrogens is 166 g/mol. The Morgan fingerprint density at radius 2 is 2.00 bits per heavy atom. The van der Waals surface area contributed by atoms with Gasteiger partial charge < -0.3 is 10.5 Å². The summed E-state index contributed by atoms with van der Waals surface area (Å²) < 4.78 is 5.28. The van der Waals surface area contributed by atoms with Gasteiger partial charge in [-0.05, 0) is 40.0 Å². The van der Waals surface area contributed by atoms with E-state index in [4.69, 9.17) is 10.5 Å². The summed E-state index contributed by atoms with van der Waals surface area (Å²) in [7, 11) is 0. The van der Waals surface area contributed by atoms with Gasteiger partial charge in [0.1, 0.15) is 5.60 Å². The number of rotatable bonds is 1. The highest BCUT2D eigenvalue weighted by Gasteiger charge is 2.31. The van der Waals surface area contributed by atoms with E-state index in [0.29, 0.717) is 0 Å². The maximum absolute atomic E-state index is 11.5. The average molecular weight is 185 g/mol. The number of esters is 1. The Hall–Kier alpha value is -0.570. The van der Waals surface area contributed by atoms with Crippen LogP contribution >= 0.6 is 0 Å². The molecule has 3 nitrogen and oxygen atoms in total. The van der Waals surface area contributed by atoms with Crippen LogP contribution in [-0.4, -0.2) is 17.6 Å². The Morgan fingerprint density at radius 3 is 2.38 bits per heavy atom. The normalized spacial score (nSPS) is 28.9. The third kappa shape index (κ3) is 3.35. The lowest BCUT2D eigenvalue weighted by atomic mass is 10.1. The van der Waals surface area contributed by atoms with Crippen LogP contribution in [0.4, 0.5) is 0 Å². The van der Waals surface area contributed by atoms with Crippen molar-refractivity contribution >= 4 is 5.97 Å². The van der Waals surface area contributed by atoms with E-state index < -0.39 is 0 Å². The molecule has 0 radical (unpaired) electrons. The molecule has 0 bridgehead atoms. The Balaban J connectivity index is 2.41. The zero-order valence-corrected chi connectivity index (χ0v) is 8.67. The molecule has 0 aliphatic heterocycles. The quantitative estimate of drug-likeness (QED) is 0.629. The van der Waals surface area contributed by atoms with Gasteiger partial charge in [-0.3, -0.25) is 4.79 Å². The van der Waals surface area contributed by atoms with Crippen molar-refractivity contribution in [2.24, 2.45) is 11.7 Å². The Kier molecular flexibility index (Phi) is 2.96. The van der Waals surface area contributed by atoms with Gasteiger partial charge in [0.2, 0.25) is 0 Å². The van der Waals surface area contributed by atoms with Crippen LogP contribution in [0.5, 0.6) is 0 Å². The fourth-order valence-electron chi connectivity index (χ4n) is 1.62. The van der Waals surface area contributed by atoms with Crippen LogP contribution in [0.1, 0.15) is 40.0 Å². The lowest BCUT2D eigenvalue weighted by molar-refractivity contribution is -0.159. The van der Waals surface area contributed by atoms with Crippen LogP contribution in [0.15, 0.2) is 0 Å². The van der Waals surface area contributed by atoms with Crippen LogP contribution in [0.3, 0.4) is 0 Å². The molecule has 1 saturated carbocycles. The van der Waals surface area contributed by atoms with Crippen LogP contribution < -0.4 is 5.73 Å². The summed E-state index contributed by atoms with van der Waals surface area (Å²) in [6, 6.07) is 0.192. The predicted molar refractivity (Wildman–Crippen MR) is 51.2 cm³/mol. The van der Waals surface area contributed by atoms with E-state index in [2.05, 4.69) is 0 Å². The second-order valence-electron chi connectivity index (χ2n) is 4.80. The standard InChI is InChI=1S/C10H19NO2/c1-10(2,3)13-9(12)7-4-5-8(11)6-7/h7-8H,4-6,11H2,1-3H3/t7-,8-/m0/s1. The first-order valence-corrected chi connectivity index (χ1v) is 4.87. The molecule has 76 valence electrons. The third-order valence-electron chi connectivity index (χ3n) is 2.21. The number of carbonyl (C=O) groups is 1. The smallest absolute Gasteiger partial charge is 0.309 e. The number of hydrogen-bond acceptors (Lipinski definition) is 3. The maximum Gasteiger partial charge on any atom is 0.309 e. The van der Waals surface area contributed by atoms with Crippen molar-refractivity contribution in [1.82, 2.24) is 0 Å². The average Bonchev–Trinajstić information content (AvgIpc) is 2.31. The van der Waals surface area contributed by atoms with Gasteiger partial charge in [-0.2, -0.15) is 0 Å². The minimum Gasteiger partial charge on any atom is -0.460 e. The predicted octanol–water partition coefficient (Wildman–Crippen LogP) is 1.46. The molecule has 2 N–H and O–H groups in total. The molecular formula is C10H19NO2. The molecule has 0 aromatic rings. The number of nitrogens with two attached hydrogens (primary N) is 1. The van der Waals surface area contributed by atoms with E-state index in [0.717, 1.165) is 19.3 Å². The van der Waals surface area contributed by atoms with Crippen molar-refractivity contribution in [3.8, 4) is 0 Å². The van der Waals surface area contributed by atoms with Crippen LogP contribution in [0, 0.1) is 5.92 Å². The first kappa shape index (κ1) is 10.5. The van der Waals surface area contributed by atoms with E-state index in [-0.39, 0.29) is 23.5 Å². The number of hydrogen-bond donors (Lipinski definition) is 1. The van der Waals surface area contributed by atoms with Crippen molar-refractivity contribution in [3.63, 3.8) is 0 Å². The first-order valence-electron chi connectivity index (χ1n) is 4.87. The molecule has 0 spiro atoms. The van der Waals surface area contributed by atoms with Crippen molar-refractivity contribution in [1.29, 1.82) is 0 Å². The molecule has 2 atom stereocenters. The molecule has 1 aliphatic rings. The minimum atomic E-state index is -0.371. The van der Waals surface area contributed by atoms with Crippen molar-refractivity contribution in [2.45, 2.75) is 51.7 Å². The summed E-state index contributed by atoms with van der Waals surface area (Å²) in [5.41, 5.74) is 5.35. The largest absolute Gasteiger partial charge is 0.460 e. The van der Waals surface area contributed by atoms with Gasteiger partial charge in [0, 0.05) is 6.04 Å². The Bertz CT molecular complexity index is 196. The van der Waals surface area contributed by atoms with Crippen LogP contribution in [0.2, 0.25) is 0 Å². The summed E-state index contributed by atoms with van der Waals surface area (Å²) in [5.74, 6) is -0.0466. The van der Waals surface area contributed by atoms with Gasteiger partial charge in [0.15, 0.2) is 0 Å². The fraction of sp³-hybridized carbons (Fsp3) is 0.900. The van der Waals surface area contributed by atoms with Crippen molar-refractivity contribution in [2.75, 3.05) is 0 Å². The number of carbonyl (C=O) groups excluding carboxylic acids is 1. The van der Waals surface area contributed by atoms with E-state index in [9.17, 15) is 4.79 Å². The molecule has 0 aromatic carbocycles. The first-order chi connectivity index (χ1) is 5.88. The second-order valence-corrected chi connectivity index (χ2v) is 4.80. The van der Waals surface area contributed by atoms with E-state index in [1.807, 2.05) is 20.8 Å². The van der Waals surface area contributed by atoms with Crippen LogP contribution in [0.25, 0.3) is 0 Å². The zero-order chi connectivity index (χ0) is 10.1. The van der Waals surface area contributed by atoms with Crippen LogP contribution in [-0.2, 0) is 9.53 Å². The molecule has 1 fully saturated rings. The SMILES string of the molecule is CC(C)(C)OC(=O)[C@H]1CC[C@H](N)C1. The summed E-state index contributed by atoms with van der Waals surface area (Å²) in [5, 5.41) is 0. The van der Waals surface area contributed by atoms with Gasteiger partial charge >= 0.3 is 5.97 Å². The van der Waals surface area contributed by atoms with Gasteiger partial charge in [-0.25, -0.2) is 0 Å². The molecule has 0 amide bonds. The Labute approximate surface area is 79.6 Å². The second kappa shape index (κ2) is 3.66. The van der Waals surface area contributed by atoms with Crippen molar-refractivity contribution < 1.29 is 9.53 Å². The lowest BCUT2D eigenvalue weighted by Crippen LogP contribution is -2.28. The van der Waals surface area contributed by atoms with Gasteiger partial charge in [0.25, 0.3) is 0 Å². The molecule has 0 saturated heterocycles. The minimum absolute atomic E-state index is 0.0363. The topological polar surface area (TPSA) is 52.3 Å². The van der Waals surface area contributed by atoms with E-state index in [1.165, 1.54) is 0 Å². The highest BCUT2D eigenvalue weighted by atomic mass is 16.6. The highest BCUT2D eigenvalue weighted by molar-refractivity contribution is 5.73. The molecule has 0 heterocycles. The molecule has 13 heavy (non-hydrogen) atoms. The summed E-state index contributed by atoms with van der Waals surface area (Å²) in [6.45, 7) is 5.67. The fourth-order valence-corrected chi connectivity index (χ4v) is 1.62. The molecule has 0 unspecified atom stereocenters. The van der Waals surface area contributed by atoms with Gasteiger partial charge in [0.05, 0.1) is 5.92 Å². The lowest BCUT2D eigenvalue weighted by Gasteiger charge is -2.21. The maximum atomic E-state index is 11.5. The molecule has 3 heteroatoms. The van der Waals surface area contributed by atoms with E-state index >= 15 is 0 Å². The zero-order valence-electron chi connectivity index (χ0n) is 8.67. The Morgan fingerprint density at radius 1 is 1.38 bits per heavy atom. The third-order valence-corrected chi connectivity index (χ3v) is 2.21. The van der Waals surface area contributed by atoms with E-state index in [1.54, 1.807) is 0 Å². The molecule has 1 rings (SSSR count). The molecule has 1 aliphatic carbocycles. The van der Waals surface area contributed by atoms with Gasteiger partial charge in [-0.15, -0.1) is 0 Å². The summed E-state index contributed by atoms with van der Waals surface area (Å²) >= 11 is 0. The van der Waals surface area contributed by atoms with Gasteiger partial charge in [-0.1, -0.05) is 0 Å².